The van der Waals surface area contributed by atoms with Crippen molar-refractivity contribution in [1.29, 1.82) is 0 Å². The molecule has 0 saturated carbocycles. The van der Waals surface area contributed by atoms with Gasteiger partial charge in [-0.15, -0.1) is 10.2 Å². The molecule has 1 heterocycles. The van der Waals surface area contributed by atoms with Gasteiger partial charge in [0, 0.05) is 5.56 Å². The number of nitrogen functional groups attached to an aromatic ring is 1. The van der Waals surface area contributed by atoms with Gasteiger partial charge in [-0.2, -0.15) is 5.10 Å². The second-order valence-electron chi connectivity index (χ2n) is 5.54. The Balaban J connectivity index is 1.81. The smallest absolute Gasteiger partial charge is 0.263 e. The predicted molar refractivity (Wildman–Crippen MR) is 97.6 cm³/mol. The first-order chi connectivity index (χ1) is 11.7. The van der Waals surface area contributed by atoms with Crippen LogP contribution in [0.5, 0.6) is 0 Å². The first-order valence-electron chi connectivity index (χ1n) is 7.61. The van der Waals surface area contributed by atoms with E-state index in [-0.39, 0.29) is 0 Å². The van der Waals surface area contributed by atoms with Crippen LogP contribution in [-0.2, 0) is 0 Å². The van der Waals surface area contributed by atoms with E-state index in [1.54, 1.807) is 13.1 Å². The van der Waals surface area contributed by atoms with Gasteiger partial charge in [0.15, 0.2) is 5.82 Å². The van der Waals surface area contributed by atoms with Crippen molar-refractivity contribution < 1.29 is 0 Å². The molecule has 0 aliphatic carbocycles. The van der Waals surface area contributed by atoms with Gasteiger partial charge in [-0.25, -0.2) is 10.1 Å². The maximum atomic E-state index is 5.82. The topological polar surface area (TPSA) is 81.1 Å². The summed E-state index contributed by atoms with van der Waals surface area (Å²) in [5, 5.41) is 16.8. The molecule has 0 atom stereocenters. The number of nitrogens with zero attached hydrogens (tertiary/aromatic N) is 4. The molecular weight excluding hydrogens is 300 g/mol. The summed E-state index contributed by atoms with van der Waals surface area (Å²) in [4.78, 5) is 0. The van der Waals surface area contributed by atoms with Crippen molar-refractivity contribution in [3.8, 4) is 0 Å². The molecule has 4 rings (SSSR count). The molecule has 0 amide bonds. The van der Waals surface area contributed by atoms with E-state index in [1.165, 1.54) is 15.4 Å². The normalized spacial score (nSPS) is 11.5. The minimum atomic E-state index is 0.397. The summed E-state index contributed by atoms with van der Waals surface area (Å²) in [5.41, 5.74) is 3.90. The lowest BCUT2D eigenvalue weighted by atomic mass is 9.97. The molecule has 4 aromatic rings. The fourth-order valence-electron chi connectivity index (χ4n) is 2.79. The molecule has 0 unspecified atom stereocenters. The fraction of sp³-hybridized carbons (Fsp3) is 0.0556. The van der Waals surface area contributed by atoms with Crippen LogP contribution < -0.4 is 11.3 Å². The van der Waals surface area contributed by atoms with Crippen LogP contribution in [0.3, 0.4) is 0 Å². The molecule has 3 aromatic carbocycles. The van der Waals surface area contributed by atoms with Crippen LogP contribution in [0.25, 0.3) is 21.5 Å². The summed E-state index contributed by atoms with van der Waals surface area (Å²) in [7, 11) is 0. The van der Waals surface area contributed by atoms with Gasteiger partial charge in [0.2, 0.25) is 0 Å². The van der Waals surface area contributed by atoms with Gasteiger partial charge < -0.3 is 5.84 Å². The molecule has 0 bridgehead atoms. The second-order valence-corrected chi connectivity index (χ2v) is 5.54. The number of hydrazone groups is 1. The van der Waals surface area contributed by atoms with Crippen molar-refractivity contribution in [2.45, 2.75) is 6.92 Å². The van der Waals surface area contributed by atoms with Crippen LogP contribution in [-0.4, -0.2) is 21.1 Å². The molecule has 0 aliphatic rings. The summed E-state index contributed by atoms with van der Waals surface area (Å²) in [6, 6.07) is 18.7. The molecule has 0 radical (unpaired) electrons. The Morgan fingerprint density at radius 1 is 1.00 bits per heavy atom. The summed E-state index contributed by atoms with van der Waals surface area (Å²) < 4.78 is 1.36. The van der Waals surface area contributed by atoms with Gasteiger partial charge in [-0.05, 0) is 34.5 Å². The molecule has 118 valence electrons. The molecular formula is C18H16N6. The van der Waals surface area contributed by atoms with Crippen LogP contribution in [0, 0.1) is 6.92 Å². The van der Waals surface area contributed by atoms with Crippen molar-refractivity contribution in [2.75, 3.05) is 11.3 Å². The lowest BCUT2D eigenvalue weighted by molar-refractivity contribution is 0.926. The van der Waals surface area contributed by atoms with Crippen molar-refractivity contribution in [2.24, 2.45) is 5.10 Å². The number of nitrogens with one attached hydrogen (secondary N) is 1. The van der Waals surface area contributed by atoms with Crippen molar-refractivity contribution in [1.82, 2.24) is 14.9 Å². The van der Waals surface area contributed by atoms with E-state index in [0.29, 0.717) is 11.8 Å². The average Bonchev–Trinajstić information content (AvgIpc) is 2.93. The standard InChI is InChI=1S/C18H16N6/c1-12-21-23-18(24(12)19)22-20-11-17-15-8-4-2-6-13(15)10-14-7-3-5-9-16(14)17/h2-11H,19H2,1H3,(H,22,23)/b20-11+. The highest BCUT2D eigenvalue weighted by Gasteiger charge is 2.06. The zero-order valence-electron chi connectivity index (χ0n) is 13.1. The van der Waals surface area contributed by atoms with Crippen LogP contribution in [0.1, 0.15) is 11.4 Å². The van der Waals surface area contributed by atoms with Crippen molar-refractivity contribution in [3.05, 3.63) is 66.0 Å². The number of benzene rings is 3. The van der Waals surface area contributed by atoms with E-state index in [2.05, 4.69) is 51.1 Å². The first kappa shape index (κ1) is 14.2. The van der Waals surface area contributed by atoms with Gasteiger partial charge in [-0.3, -0.25) is 0 Å². The third kappa shape index (κ3) is 2.34. The van der Waals surface area contributed by atoms with E-state index in [4.69, 9.17) is 5.84 Å². The van der Waals surface area contributed by atoms with Gasteiger partial charge in [0.1, 0.15) is 0 Å². The number of rotatable bonds is 3. The SMILES string of the molecule is Cc1nnc(N/N=C/c2c3ccccc3cc3ccccc23)n1N. The predicted octanol–water partition coefficient (Wildman–Crippen LogP) is 3.05. The quantitative estimate of drug-likeness (QED) is 0.263. The van der Waals surface area contributed by atoms with Crippen molar-refractivity contribution in [3.63, 3.8) is 0 Å². The maximum Gasteiger partial charge on any atom is 0.263 e. The number of fused-ring (bicyclic) bond motifs is 2. The third-order valence-corrected chi connectivity index (χ3v) is 4.04. The molecule has 24 heavy (non-hydrogen) atoms. The zero-order valence-corrected chi connectivity index (χ0v) is 13.1. The van der Waals surface area contributed by atoms with Gasteiger partial charge in [0.05, 0.1) is 6.21 Å². The molecule has 6 heteroatoms. The molecule has 1 aromatic heterocycles. The summed E-state index contributed by atoms with van der Waals surface area (Å²) in [6.45, 7) is 1.78. The number of nitrogens with two attached hydrogens (primary N) is 1. The average molecular weight is 316 g/mol. The maximum absolute atomic E-state index is 5.82. The fourth-order valence-corrected chi connectivity index (χ4v) is 2.79. The summed E-state index contributed by atoms with van der Waals surface area (Å²) in [6.07, 6.45) is 1.80. The number of hydrogen-bond donors (Lipinski definition) is 2. The molecule has 0 aliphatic heterocycles. The monoisotopic (exact) mass is 316 g/mol. The Kier molecular flexibility index (Phi) is 3.35. The molecule has 3 N–H and O–H groups in total. The minimum Gasteiger partial charge on any atom is -0.335 e. The van der Waals surface area contributed by atoms with Gasteiger partial charge in [0.25, 0.3) is 5.95 Å². The minimum absolute atomic E-state index is 0.397. The van der Waals surface area contributed by atoms with E-state index < -0.39 is 0 Å². The Morgan fingerprint density at radius 3 is 2.21 bits per heavy atom. The van der Waals surface area contributed by atoms with Crippen LogP contribution in [0.2, 0.25) is 0 Å². The number of anilines is 1. The molecule has 0 spiro atoms. The largest absolute Gasteiger partial charge is 0.335 e. The highest BCUT2D eigenvalue weighted by atomic mass is 15.5. The molecule has 0 fully saturated rings. The zero-order chi connectivity index (χ0) is 16.5. The summed E-state index contributed by atoms with van der Waals surface area (Å²) >= 11 is 0. The van der Waals surface area contributed by atoms with Crippen LogP contribution in [0.4, 0.5) is 5.95 Å². The first-order valence-corrected chi connectivity index (χ1v) is 7.61. The van der Waals surface area contributed by atoms with Crippen LogP contribution in [0.15, 0.2) is 59.7 Å². The third-order valence-electron chi connectivity index (χ3n) is 4.04. The Labute approximate surface area is 138 Å². The number of hydrogen-bond acceptors (Lipinski definition) is 5. The van der Waals surface area contributed by atoms with Crippen LogP contribution >= 0.6 is 0 Å². The van der Waals surface area contributed by atoms with E-state index in [0.717, 1.165) is 16.3 Å². The second kappa shape index (κ2) is 5.66. The highest BCUT2D eigenvalue weighted by Crippen LogP contribution is 2.27. The number of aromatic nitrogens is 3. The Morgan fingerprint density at radius 2 is 1.62 bits per heavy atom. The Hall–Kier alpha value is -3.41. The summed E-state index contributed by atoms with van der Waals surface area (Å²) in [5.74, 6) is 6.83. The van der Waals surface area contributed by atoms with Gasteiger partial charge in [-0.1, -0.05) is 48.5 Å². The number of aryl methyl sites for hydroxylation is 1. The lowest BCUT2D eigenvalue weighted by Gasteiger charge is -2.08. The van der Waals surface area contributed by atoms with E-state index >= 15 is 0 Å². The lowest BCUT2D eigenvalue weighted by Crippen LogP contribution is -2.13. The Bertz CT molecular complexity index is 1010. The molecule has 0 saturated heterocycles. The van der Waals surface area contributed by atoms with E-state index in [1.807, 2.05) is 24.3 Å². The molecule has 6 nitrogen and oxygen atoms in total. The van der Waals surface area contributed by atoms with Gasteiger partial charge >= 0.3 is 0 Å². The van der Waals surface area contributed by atoms with E-state index in [9.17, 15) is 0 Å². The van der Waals surface area contributed by atoms with Crippen molar-refractivity contribution >= 4 is 33.7 Å². The highest BCUT2D eigenvalue weighted by molar-refractivity contribution is 6.13.